The number of thioether (sulfide) groups is 1. The van der Waals surface area contributed by atoms with E-state index in [1.165, 1.54) is 22.1 Å². The van der Waals surface area contributed by atoms with Crippen LogP contribution in [0.2, 0.25) is 0 Å². The van der Waals surface area contributed by atoms with Gasteiger partial charge in [0, 0.05) is 38.0 Å². The third-order valence-electron chi connectivity index (χ3n) is 4.68. The van der Waals surface area contributed by atoms with E-state index >= 15 is 0 Å². The lowest BCUT2D eigenvalue weighted by molar-refractivity contribution is -0.131. The van der Waals surface area contributed by atoms with Gasteiger partial charge >= 0.3 is 0 Å². The number of nitrogens with zero attached hydrogens (tertiary/aromatic N) is 3. The number of ether oxygens (including phenoxy) is 1. The van der Waals surface area contributed by atoms with Gasteiger partial charge in [-0.05, 0) is 17.7 Å². The molecule has 0 aliphatic carbocycles. The highest BCUT2D eigenvalue weighted by Crippen LogP contribution is 2.21. The lowest BCUT2D eigenvalue weighted by atomic mass is 10.2. The van der Waals surface area contributed by atoms with E-state index in [4.69, 9.17) is 4.74 Å². The van der Waals surface area contributed by atoms with Gasteiger partial charge in [0.15, 0.2) is 5.16 Å². The summed E-state index contributed by atoms with van der Waals surface area (Å²) < 4.78 is 29.8. The first-order valence-electron chi connectivity index (χ1n) is 9.33. The Hall–Kier alpha value is -2.37. The molecule has 1 aliphatic heterocycles. The van der Waals surface area contributed by atoms with Crippen LogP contribution in [0.25, 0.3) is 0 Å². The monoisotopic (exact) mass is 452 g/mol. The van der Waals surface area contributed by atoms with Crippen molar-refractivity contribution in [1.82, 2.24) is 19.2 Å². The number of H-pyrrole nitrogens is 1. The molecule has 0 unspecified atom stereocenters. The Balaban J connectivity index is 1.61. The van der Waals surface area contributed by atoms with Crippen LogP contribution >= 0.6 is 11.8 Å². The molecule has 1 aromatic heterocycles. The van der Waals surface area contributed by atoms with Gasteiger partial charge in [0.1, 0.15) is 5.75 Å². The molecule has 2 heterocycles. The first-order valence-corrected chi connectivity index (χ1v) is 12.2. The summed E-state index contributed by atoms with van der Waals surface area (Å²) in [4.78, 5) is 33.3. The molecule has 1 N–H and O–H groups in total. The number of piperazine rings is 1. The molecule has 1 amide bonds. The number of amides is 1. The molecule has 0 bridgehead atoms. The van der Waals surface area contributed by atoms with Gasteiger partial charge in [-0.1, -0.05) is 23.9 Å². The molecular weight excluding hydrogens is 428 g/mol. The number of methoxy groups -OCH3 is 1. The van der Waals surface area contributed by atoms with Crippen molar-refractivity contribution in [2.75, 3.05) is 39.5 Å². The number of carbonyl (C=O) groups is 1. The SMILES string of the molecule is COc1cccc(CSc2nc(CC(=O)N3CCN(S(C)(=O)=O)CC3)cc(=O)[nH]2)c1. The Morgan fingerprint density at radius 2 is 1.97 bits per heavy atom. The molecular formula is C19H24N4O5S2. The second kappa shape index (κ2) is 9.63. The molecule has 0 saturated carbocycles. The number of hydrogen-bond acceptors (Lipinski definition) is 7. The first-order chi connectivity index (χ1) is 14.2. The molecule has 1 fully saturated rings. The zero-order valence-electron chi connectivity index (χ0n) is 16.8. The minimum atomic E-state index is -3.25. The maximum atomic E-state index is 12.6. The Morgan fingerprint density at radius 1 is 1.23 bits per heavy atom. The maximum absolute atomic E-state index is 12.6. The number of aromatic nitrogens is 2. The van der Waals surface area contributed by atoms with Crippen molar-refractivity contribution in [2.45, 2.75) is 17.3 Å². The van der Waals surface area contributed by atoms with Crippen molar-refractivity contribution in [3.8, 4) is 5.75 Å². The topological polar surface area (TPSA) is 113 Å². The fourth-order valence-corrected chi connectivity index (χ4v) is 4.76. The normalized spacial score (nSPS) is 15.2. The zero-order valence-corrected chi connectivity index (χ0v) is 18.5. The van der Waals surface area contributed by atoms with Crippen LogP contribution in [0.15, 0.2) is 40.3 Å². The summed E-state index contributed by atoms with van der Waals surface area (Å²) in [5.41, 5.74) is 1.09. The quantitative estimate of drug-likeness (QED) is 0.486. The molecule has 0 spiro atoms. The number of hydrogen-bond donors (Lipinski definition) is 1. The van der Waals surface area contributed by atoms with Crippen molar-refractivity contribution >= 4 is 27.7 Å². The molecule has 1 aliphatic rings. The molecule has 30 heavy (non-hydrogen) atoms. The van der Waals surface area contributed by atoms with Crippen LogP contribution in [-0.4, -0.2) is 73.0 Å². The van der Waals surface area contributed by atoms with Crippen LogP contribution in [0, 0.1) is 0 Å². The summed E-state index contributed by atoms with van der Waals surface area (Å²) in [6, 6.07) is 8.94. The molecule has 3 rings (SSSR count). The van der Waals surface area contributed by atoms with Gasteiger partial charge in [-0.25, -0.2) is 13.4 Å². The first kappa shape index (κ1) is 22.3. The van der Waals surface area contributed by atoms with E-state index in [1.54, 1.807) is 12.0 Å². The van der Waals surface area contributed by atoms with Gasteiger partial charge in [0.25, 0.3) is 5.56 Å². The molecule has 162 valence electrons. The van der Waals surface area contributed by atoms with Crippen LogP contribution in [0.4, 0.5) is 0 Å². The molecule has 9 nitrogen and oxygen atoms in total. The van der Waals surface area contributed by atoms with Gasteiger partial charge in [-0.3, -0.25) is 9.59 Å². The van der Waals surface area contributed by atoms with Crippen molar-refractivity contribution in [3.05, 3.63) is 51.9 Å². The fourth-order valence-electron chi connectivity index (χ4n) is 3.09. The number of nitrogens with one attached hydrogen (secondary N) is 1. The predicted molar refractivity (Wildman–Crippen MR) is 114 cm³/mol. The number of sulfonamides is 1. The molecule has 2 aromatic rings. The summed E-state index contributed by atoms with van der Waals surface area (Å²) in [5.74, 6) is 1.17. The molecule has 0 radical (unpaired) electrons. The molecule has 0 atom stereocenters. The van der Waals surface area contributed by atoms with Gasteiger partial charge in [0.2, 0.25) is 15.9 Å². The lowest BCUT2D eigenvalue weighted by Crippen LogP contribution is -2.50. The summed E-state index contributed by atoms with van der Waals surface area (Å²) >= 11 is 1.37. The lowest BCUT2D eigenvalue weighted by Gasteiger charge is -2.33. The zero-order chi connectivity index (χ0) is 21.7. The molecule has 1 saturated heterocycles. The van der Waals surface area contributed by atoms with E-state index in [9.17, 15) is 18.0 Å². The van der Waals surface area contributed by atoms with E-state index in [0.717, 1.165) is 17.6 Å². The Bertz CT molecular complexity index is 1060. The van der Waals surface area contributed by atoms with Crippen molar-refractivity contribution in [1.29, 1.82) is 0 Å². The number of benzene rings is 1. The Kier molecular flexibility index (Phi) is 7.16. The van der Waals surface area contributed by atoms with E-state index < -0.39 is 10.0 Å². The summed E-state index contributed by atoms with van der Waals surface area (Å²) in [6.45, 7) is 1.20. The highest BCUT2D eigenvalue weighted by Gasteiger charge is 2.26. The summed E-state index contributed by atoms with van der Waals surface area (Å²) in [5, 5.41) is 0.440. The fraction of sp³-hybridized carbons (Fsp3) is 0.421. The Morgan fingerprint density at radius 3 is 2.63 bits per heavy atom. The van der Waals surface area contributed by atoms with Gasteiger partial charge in [0.05, 0.1) is 25.5 Å². The Labute approximate surface area is 179 Å². The van der Waals surface area contributed by atoms with E-state index in [-0.39, 0.29) is 31.0 Å². The average Bonchev–Trinajstić information content (AvgIpc) is 2.71. The molecule has 11 heteroatoms. The highest BCUT2D eigenvalue weighted by molar-refractivity contribution is 7.98. The van der Waals surface area contributed by atoms with Gasteiger partial charge in [-0.2, -0.15) is 4.31 Å². The highest BCUT2D eigenvalue weighted by atomic mass is 32.2. The number of rotatable bonds is 7. The van der Waals surface area contributed by atoms with Crippen LogP contribution < -0.4 is 10.3 Å². The second-order valence-corrected chi connectivity index (χ2v) is 9.85. The third-order valence-corrected chi connectivity index (χ3v) is 6.92. The van der Waals surface area contributed by atoms with Crippen LogP contribution in [-0.2, 0) is 27.0 Å². The van der Waals surface area contributed by atoms with E-state index in [0.29, 0.717) is 29.7 Å². The number of aromatic amines is 1. The molecule has 1 aromatic carbocycles. The van der Waals surface area contributed by atoms with Crippen LogP contribution in [0.5, 0.6) is 5.75 Å². The third kappa shape index (κ3) is 6.07. The number of carbonyl (C=O) groups excluding carboxylic acids is 1. The minimum absolute atomic E-state index is 0.00445. The van der Waals surface area contributed by atoms with Crippen molar-refractivity contribution in [3.63, 3.8) is 0 Å². The summed E-state index contributed by atoms with van der Waals surface area (Å²) in [7, 11) is -1.65. The van der Waals surface area contributed by atoms with E-state index in [2.05, 4.69) is 9.97 Å². The summed E-state index contributed by atoms with van der Waals surface area (Å²) in [6.07, 6.45) is 1.16. The maximum Gasteiger partial charge on any atom is 0.251 e. The smallest absolute Gasteiger partial charge is 0.251 e. The van der Waals surface area contributed by atoms with Crippen molar-refractivity contribution in [2.24, 2.45) is 0 Å². The van der Waals surface area contributed by atoms with Gasteiger partial charge in [-0.15, -0.1) is 0 Å². The van der Waals surface area contributed by atoms with Gasteiger partial charge < -0.3 is 14.6 Å². The van der Waals surface area contributed by atoms with Crippen LogP contribution in [0.1, 0.15) is 11.3 Å². The largest absolute Gasteiger partial charge is 0.497 e. The minimum Gasteiger partial charge on any atom is -0.497 e. The predicted octanol–water partition coefficient (Wildman–Crippen LogP) is 0.717. The standard InChI is InChI=1S/C19H24N4O5S2/c1-28-16-5-3-4-14(10-16)13-29-19-20-15(11-17(24)21-19)12-18(25)22-6-8-23(9-7-22)30(2,26)27/h3-5,10-11H,6-9,12-13H2,1-2H3,(H,20,21,24). The van der Waals surface area contributed by atoms with E-state index in [1.807, 2.05) is 24.3 Å². The average molecular weight is 453 g/mol. The van der Waals surface area contributed by atoms with Crippen molar-refractivity contribution < 1.29 is 17.9 Å². The second-order valence-electron chi connectivity index (χ2n) is 6.90. The van der Waals surface area contributed by atoms with Crippen LogP contribution in [0.3, 0.4) is 0 Å².